The molecule has 0 radical (unpaired) electrons. The van der Waals surface area contributed by atoms with Crippen molar-refractivity contribution in [1.29, 1.82) is 0 Å². The van der Waals surface area contributed by atoms with Gasteiger partial charge in [-0.1, -0.05) is 18.5 Å². The minimum absolute atomic E-state index is 0.129. The van der Waals surface area contributed by atoms with Gasteiger partial charge in [-0.15, -0.1) is 11.3 Å². The molecule has 1 aromatic carbocycles. The van der Waals surface area contributed by atoms with E-state index in [4.69, 9.17) is 11.6 Å². The van der Waals surface area contributed by atoms with Crippen LogP contribution in [0.2, 0.25) is 5.02 Å². The minimum Gasteiger partial charge on any atom is -0.341 e. The van der Waals surface area contributed by atoms with Crippen LogP contribution in [0.25, 0.3) is 10.6 Å². The number of aromatic nitrogens is 1. The van der Waals surface area contributed by atoms with Gasteiger partial charge in [0.1, 0.15) is 15.7 Å². The van der Waals surface area contributed by atoms with E-state index in [1.54, 1.807) is 6.07 Å². The lowest BCUT2D eigenvalue weighted by Crippen LogP contribution is -2.40. The first-order valence-electron chi connectivity index (χ1n) is 9.16. The highest BCUT2D eigenvalue weighted by molar-refractivity contribution is 7.16. The Morgan fingerprint density at radius 2 is 2.15 bits per heavy atom. The van der Waals surface area contributed by atoms with Crippen molar-refractivity contribution in [2.45, 2.75) is 38.6 Å². The number of Topliss-reactive ketones (excluding diaryl/α,β-unsaturated/α-hetero) is 1. The maximum absolute atomic E-state index is 13.6. The molecule has 27 heavy (non-hydrogen) atoms. The van der Waals surface area contributed by atoms with Gasteiger partial charge in [-0.3, -0.25) is 9.59 Å². The molecule has 2 aliphatic carbocycles. The first-order valence-corrected chi connectivity index (χ1v) is 10.4. The van der Waals surface area contributed by atoms with Crippen LogP contribution >= 0.6 is 22.9 Å². The van der Waals surface area contributed by atoms with E-state index in [0.717, 1.165) is 17.8 Å². The maximum Gasteiger partial charge on any atom is 0.263 e. The summed E-state index contributed by atoms with van der Waals surface area (Å²) in [5, 5.41) is 3.68. The zero-order valence-corrected chi connectivity index (χ0v) is 16.4. The molecule has 1 aromatic heterocycles. The van der Waals surface area contributed by atoms with Crippen LogP contribution in [0.1, 0.15) is 42.3 Å². The van der Waals surface area contributed by atoms with E-state index in [1.165, 1.54) is 24.8 Å². The van der Waals surface area contributed by atoms with Gasteiger partial charge in [-0.2, -0.15) is 0 Å². The number of nitrogens with zero attached hydrogens (tertiary/aromatic N) is 1. The van der Waals surface area contributed by atoms with E-state index in [-0.39, 0.29) is 16.7 Å². The Balaban J connectivity index is 1.48. The molecule has 0 aliphatic heterocycles. The fraction of sp³-hybridized carbons (Fsp3) is 0.450. The summed E-state index contributed by atoms with van der Waals surface area (Å²) in [5.41, 5.74) is 0.528. The molecule has 1 heterocycles. The van der Waals surface area contributed by atoms with Crippen LogP contribution in [-0.2, 0) is 4.79 Å². The van der Waals surface area contributed by atoms with Gasteiger partial charge in [-0.05, 0) is 55.2 Å². The average molecular weight is 407 g/mol. The van der Waals surface area contributed by atoms with E-state index < -0.39 is 11.9 Å². The van der Waals surface area contributed by atoms with Gasteiger partial charge in [-0.25, -0.2) is 9.37 Å². The predicted octanol–water partition coefficient (Wildman–Crippen LogP) is 4.73. The second-order valence-corrected chi connectivity index (χ2v) is 9.07. The number of carbonyl (C=O) groups excluding carboxylic acids is 2. The van der Waals surface area contributed by atoms with Crippen molar-refractivity contribution in [2.75, 3.05) is 0 Å². The molecule has 4 nitrogen and oxygen atoms in total. The van der Waals surface area contributed by atoms with Crippen molar-refractivity contribution >= 4 is 34.6 Å². The van der Waals surface area contributed by atoms with Crippen LogP contribution in [0.15, 0.2) is 24.4 Å². The third-order valence-corrected chi connectivity index (χ3v) is 7.07. The van der Waals surface area contributed by atoms with Crippen molar-refractivity contribution in [1.82, 2.24) is 10.3 Å². The van der Waals surface area contributed by atoms with Gasteiger partial charge in [0.15, 0.2) is 5.78 Å². The highest BCUT2D eigenvalue weighted by Crippen LogP contribution is 2.45. The lowest BCUT2D eigenvalue weighted by Gasteiger charge is -2.38. The first kappa shape index (κ1) is 18.6. The molecule has 0 spiro atoms. The van der Waals surface area contributed by atoms with Gasteiger partial charge in [0, 0.05) is 17.0 Å². The summed E-state index contributed by atoms with van der Waals surface area (Å²) < 4.78 is 13.6. The number of rotatable bonds is 3. The molecule has 0 saturated heterocycles. The molecule has 7 heteroatoms. The molecule has 1 amide bonds. The van der Waals surface area contributed by atoms with E-state index in [1.807, 2.05) is 0 Å². The SMILES string of the molecule is C[C@H]1C[C@@H](NC(=O)c2cnc(-c3cc(F)cc(Cl)c3)s2)C(=O)CC2CCC21. The highest BCUT2D eigenvalue weighted by Gasteiger charge is 2.42. The molecule has 4 rings (SSSR count). The number of nitrogens with one attached hydrogen (secondary N) is 1. The molecule has 2 aliphatic rings. The number of thiazole rings is 1. The van der Waals surface area contributed by atoms with Crippen molar-refractivity contribution in [2.24, 2.45) is 17.8 Å². The Kier molecular flexibility index (Phi) is 5.03. The summed E-state index contributed by atoms with van der Waals surface area (Å²) in [6, 6.07) is 3.72. The second kappa shape index (κ2) is 7.32. The Morgan fingerprint density at radius 3 is 2.85 bits per heavy atom. The molecule has 2 aromatic rings. The number of ketones is 1. The van der Waals surface area contributed by atoms with Crippen molar-refractivity contribution < 1.29 is 14.0 Å². The predicted molar refractivity (Wildman–Crippen MR) is 103 cm³/mol. The van der Waals surface area contributed by atoms with Crippen LogP contribution in [0.4, 0.5) is 4.39 Å². The summed E-state index contributed by atoms with van der Waals surface area (Å²) in [5.74, 6) is 0.911. The second-order valence-electron chi connectivity index (χ2n) is 7.60. The van der Waals surface area contributed by atoms with Gasteiger partial charge in [0.05, 0.1) is 12.2 Å². The molecule has 1 N–H and O–H groups in total. The Hall–Kier alpha value is -1.79. The van der Waals surface area contributed by atoms with Crippen molar-refractivity contribution in [3.63, 3.8) is 0 Å². The van der Waals surface area contributed by atoms with Crippen LogP contribution < -0.4 is 5.32 Å². The molecular formula is C20H20ClFN2O2S. The summed E-state index contributed by atoms with van der Waals surface area (Å²) >= 11 is 7.05. The Morgan fingerprint density at radius 1 is 1.33 bits per heavy atom. The van der Waals surface area contributed by atoms with Gasteiger partial charge < -0.3 is 5.32 Å². The molecule has 2 fully saturated rings. The third kappa shape index (κ3) is 3.78. The molecule has 4 atom stereocenters. The lowest BCUT2D eigenvalue weighted by atomic mass is 9.67. The molecule has 2 unspecified atom stereocenters. The van der Waals surface area contributed by atoms with E-state index in [2.05, 4.69) is 17.2 Å². The van der Waals surface area contributed by atoms with Gasteiger partial charge in [0.25, 0.3) is 5.91 Å². The van der Waals surface area contributed by atoms with E-state index in [9.17, 15) is 14.0 Å². The molecule has 2 saturated carbocycles. The fourth-order valence-electron chi connectivity index (χ4n) is 4.23. The van der Waals surface area contributed by atoms with Crippen LogP contribution in [0.3, 0.4) is 0 Å². The van der Waals surface area contributed by atoms with Crippen LogP contribution in [0.5, 0.6) is 0 Å². The normalized spacial score (nSPS) is 27.4. The lowest BCUT2D eigenvalue weighted by molar-refractivity contribution is -0.122. The van der Waals surface area contributed by atoms with Crippen LogP contribution in [0, 0.1) is 23.6 Å². The molecular weight excluding hydrogens is 387 g/mol. The smallest absolute Gasteiger partial charge is 0.263 e. The number of carbonyl (C=O) groups is 2. The van der Waals surface area contributed by atoms with E-state index in [0.29, 0.717) is 46.0 Å². The van der Waals surface area contributed by atoms with Crippen molar-refractivity contribution in [3.05, 3.63) is 40.1 Å². The maximum atomic E-state index is 13.6. The summed E-state index contributed by atoms with van der Waals surface area (Å²) in [6.45, 7) is 2.17. The summed E-state index contributed by atoms with van der Waals surface area (Å²) in [6.07, 6.45) is 5.03. The Bertz CT molecular complexity index is 880. The number of fused-ring (bicyclic) bond motifs is 1. The van der Waals surface area contributed by atoms with Gasteiger partial charge in [0.2, 0.25) is 0 Å². The van der Waals surface area contributed by atoms with Crippen molar-refractivity contribution in [3.8, 4) is 10.6 Å². The largest absolute Gasteiger partial charge is 0.341 e. The minimum atomic E-state index is -0.452. The molecule has 142 valence electrons. The van der Waals surface area contributed by atoms with Gasteiger partial charge >= 0.3 is 0 Å². The number of halogens is 2. The standard InChI is InChI=1S/C20H20ClFN2O2S/c1-10-4-16(17(25)7-11-2-3-15(10)11)24-19(26)18-9-23-20(27-18)12-5-13(21)8-14(22)6-12/h5-6,8-11,15-16H,2-4,7H2,1H3,(H,24,26)/t10-,11?,15?,16+/m0/s1. The topological polar surface area (TPSA) is 59.1 Å². The summed E-state index contributed by atoms with van der Waals surface area (Å²) in [4.78, 5) is 29.8. The fourth-order valence-corrected chi connectivity index (χ4v) is 5.26. The number of benzene rings is 1. The quantitative estimate of drug-likeness (QED) is 0.801. The monoisotopic (exact) mass is 406 g/mol. The third-order valence-electron chi connectivity index (χ3n) is 5.81. The summed E-state index contributed by atoms with van der Waals surface area (Å²) in [7, 11) is 0. The van der Waals surface area contributed by atoms with Crippen LogP contribution in [-0.4, -0.2) is 22.7 Å². The molecule has 0 bridgehead atoms. The van der Waals surface area contributed by atoms with E-state index >= 15 is 0 Å². The number of amides is 1. The number of hydrogen-bond acceptors (Lipinski definition) is 4. The Labute approximate surface area is 166 Å². The highest BCUT2D eigenvalue weighted by atomic mass is 35.5. The zero-order chi connectivity index (χ0) is 19.1. The first-order chi connectivity index (χ1) is 12.9. The average Bonchev–Trinajstić information content (AvgIpc) is 3.04. The zero-order valence-electron chi connectivity index (χ0n) is 14.9. The number of hydrogen-bond donors (Lipinski definition) is 1.